The maximum absolute atomic E-state index is 13.5. The molecule has 0 radical (unpaired) electrons. The van der Waals surface area contributed by atoms with Crippen LogP contribution >= 0.6 is 11.8 Å². The molecule has 0 aliphatic rings. The summed E-state index contributed by atoms with van der Waals surface area (Å²) < 4.78 is 5.33. The summed E-state index contributed by atoms with van der Waals surface area (Å²) >= 11 is 1.55. The average molecular weight is 658 g/mol. The number of aromatic hydroxyl groups is 1. The smallest absolute Gasteiger partial charge is 0.408 e. The number of phenols is 1. The van der Waals surface area contributed by atoms with E-state index in [9.17, 15) is 29.1 Å². The molecule has 4 atom stereocenters. The van der Waals surface area contributed by atoms with Gasteiger partial charge in [-0.05, 0) is 76.3 Å². The summed E-state index contributed by atoms with van der Waals surface area (Å²) in [6, 6.07) is 11.2. The number of nitrogens with one attached hydrogen (secondary N) is 5. The molecule has 6 N–H and O–H groups in total. The third-order valence-electron chi connectivity index (χ3n) is 6.65. The normalized spacial score (nSPS) is 13.7. The van der Waals surface area contributed by atoms with Crippen LogP contribution in [0.3, 0.4) is 0 Å². The van der Waals surface area contributed by atoms with Gasteiger partial charge in [-0.1, -0.05) is 42.5 Å². The van der Waals surface area contributed by atoms with Crippen molar-refractivity contribution in [1.29, 1.82) is 0 Å². The van der Waals surface area contributed by atoms with E-state index < -0.39 is 53.6 Å². The number of carbonyl (C=O) groups excluding carboxylic acids is 5. The molecular weight excluding hydrogens is 610 g/mol. The van der Waals surface area contributed by atoms with E-state index in [4.69, 9.17) is 4.74 Å². The van der Waals surface area contributed by atoms with Crippen LogP contribution in [-0.2, 0) is 36.8 Å². The average Bonchev–Trinajstić information content (AvgIpc) is 2.99. The van der Waals surface area contributed by atoms with Gasteiger partial charge in [0, 0.05) is 19.4 Å². The van der Waals surface area contributed by atoms with Crippen molar-refractivity contribution in [3.05, 3.63) is 65.7 Å². The maximum Gasteiger partial charge on any atom is 0.408 e. The molecular formula is C33H47N5O7S. The molecule has 12 nitrogen and oxygen atoms in total. The Morgan fingerprint density at radius 2 is 1.30 bits per heavy atom. The lowest BCUT2D eigenvalue weighted by Gasteiger charge is -2.26. The van der Waals surface area contributed by atoms with E-state index in [1.54, 1.807) is 51.6 Å². The van der Waals surface area contributed by atoms with Gasteiger partial charge in [-0.25, -0.2) is 4.79 Å². The van der Waals surface area contributed by atoms with Crippen molar-refractivity contribution in [2.45, 2.75) is 83.6 Å². The SMILES string of the molecule is CCNC(=O)[C@H](CCSC)NC(=O)[C@H](Cc1ccccc1)NC(=O)[C@@H](C)NC(=O)[C@H](Cc1ccc(O)cc1)NC(=O)OC(C)(C)C. The summed E-state index contributed by atoms with van der Waals surface area (Å²) in [5, 5.41) is 23.1. The number of hydrogen-bond acceptors (Lipinski definition) is 8. The third kappa shape index (κ3) is 13.8. The zero-order valence-corrected chi connectivity index (χ0v) is 28.2. The molecule has 46 heavy (non-hydrogen) atoms. The van der Waals surface area contributed by atoms with Crippen molar-refractivity contribution in [3.8, 4) is 5.75 Å². The lowest BCUT2D eigenvalue weighted by Crippen LogP contribution is -2.58. The van der Waals surface area contributed by atoms with E-state index in [2.05, 4.69) is 26.6 Å². The number of benzene rings is 2. The quantitative estimate of drug-likeness (QED) is 0.160. The summed E-state index contributed by atoms with van der Waals surface area (Å²) in [6.07, 6.45) is 1.70. The van der Waals surface area contributed by atoms with Gasteiger partial charge in [-0.2, -0.15) is 11.8 Å². The van der Waals surface area contributed by atoms with Gasteiger partial charge in [0.2, 0.25) is 23.6 Å². The van der Waals surface area contributed by atoms with Crippen molar-refractivity contribution in [3.63, 3.8) is 0 Å². The van der Waals surface area contributed by atoms with Crippen LogP contribution in [0.4, 0.5) is 4.79 Å². The molecule has 0 heterocycles. The first-order valence-corrected chi connectivity index (χ1v) is 16.6. The molecule has 0 aliphatic carbocycles. The molecule has 0 saturated heterocycles. The molecule has 0 unspecified atom stereocenters. The van der Waals surface area contributed by atoms with Crippen LogP contribution in [0, 0.1) is 0 Å². The van der Waals surface area contributed by atoms with E-state index in [1.807, 2.05) is 36.6 Å². The minimum atomic E-state index is -1.12. The zero-order chi connectivity index (χ0) is 34.3. The molecule has 5 amide bonds. The van der Waals surface area contributed by atoms with Gasteiger partial charge in [0.25, 0.3) is 0 Å². The number of rotatable bonds is 16. The second-order valence-electron chi connectivity index (χ2n) is 11.8. The number of likely N-dealkylation sites (N-methyl/N-ethyl adjacent to an activating group) is 1. The highest BCUT2D eigenvalue weighted by atomic mass is 32.2. The number of ether oxygens (including phenoxy) is 1. The first-order chi connectivity index (χ1) is 21.7. The van der Waals surface area contributed by atoms with Crippen molar-refractivity contribution >= 4 is 41.5 Å². The minimum Gasteiger partial charge on any atom is -0.508 e. The molecule has 0 bridgehead atoms. The fourth-order valence-corrected chi connectivity index (χ4v) is 4.81. The zero-order valence-electron chi connectivity index (χ0n) is 27.3. The molecule has 252 valence electrons. The van der Waals surface area contributed by atoms with Crippen LogP contribution in [0.2, 0.25) is 0 Å². The first-order valence-electron chi connectivity index (χ1n) is 15.2. The largest absolute Gasteiger partial charge is 0.508 e. The van der Waals surface area contributed by atoms with E-state index >= 15 is 0 Å². The third-order valence-corrected chi connectivity index (χ3v) is 7.29. The van der Waals surface area contributed by atoms with E-state index in [0.717, 1.165) is 5.56 Å². The van der Waals surface area contributed by atoms with Crippen molar-refractivity contribution in [2.75, 3.05) is 18.6 Å². The fourth-order valence-electron chi connectivity index (χ4n) is 4.34. The lowest BCUT2D eigenvalue weighted by molar-refractivity contribution is -0.133. The molecule has 0 spiro atoms. The molecule has 2 rings (SSSR count). The van der Waals surface area contributed by atoms with Gasteiger partial charge in [0.15, 0.2) is 0 Å². The highest BCUT2D eigenvalue weighted by Gasteiger charge is 2.30. The standard InChI is InChI=1S/C33H47N5O7S/c1-7-34-29(41)25(17-18-46-6)36-31(43)26(19-22-11-9-8-10-12-22)37-28(40)21(2)35-30(42)27(38-32(44)45-33(3,4)5)20-23-13-15-24(39)16-14-23/h8-16,21,25-27,39H,7,17-20H2,1-6H3,(H,34,41)(H,35,42)(H,36,43)(H,37,40)(H,38,44)/t21-,25+,26+,27+/m1/s1. The van der Waals surface area contributed by atoms with Crippen molar-refractivity contribution in [2.24, 2.45) is 0 Å². The molecule has 0 aromatic heterocycles. The molecule has 0 saturated carbocycles. The molecule has 2 aromatic rings. The second-order valence-corrected chi connectivity index (χ2v) is 12.8. The van der Waals surface area contributed by atoms with Crippen molar-refractivity contribution < 1.29 is 33.8 Å². The molecule has 13 heteroatoms. The summed E-state index contributed by atoms with van der Waals surface area (Å²) in [7, 11) is 0. The lowest BCUT2D eigenvalue weighted by atomic mass is 10.0. The molecule has 2 aromatic carbocycles. The Labute approximate surface area is 275 Å². The van der Waals surface area contributed by atoms with Crippen LogP contribution in [0.25, 0.3) is 0 Å². The van der Waals surface area contributed by atoms with Crippen LogP contribution in [0.1, 0.15) is 52.2 Å². The number of phenolic OH excluding ortho intramolecular Hbond substituents is 1. The van der Waals surface area contributed by atoms with E-state index in [-0.39, 0.29) is 24.5 Å². The monoisotopic (exact) mass is 657 g/mol. The second kappa shape index (κ2) is 18.6. The molecule has 0 aliphatic heterocycles. The highest BCUT2D eigenvalue weighted by Crippen LogP contribution is 2.13. The van der Waals surface area contributed by atoms with Crippen LogP contribution in [-0.4, -0.2) is 83.2 Å². The van der Waals surface area contributed by atoms with Gasteiger partial charge >= 0.3 is 6.09 Å². The summed E-state index contributed by atoms with van der Waals surface area (Å²) in [5.41, 5.74) is 0.624. The fraction of sp³-hybridized carbons (Fsp3) is 0.485. The van der Waals surface area contributed by atoms with Gasteiger partial charge in [0.05, 0.1) is 0 Å². The Morgan fingerprint density at radius 3 is 1.87 bits per heavy atom. The summed E-state index contributed by atoms with van der Waals surface area (Å²) in [4.78, 5) is 65.5. The van der Waals surface area contributed by atoms with Gasteiger partial charge in [-0.15, -0.1) is 0 Å². The number of hydrogen-bond donors (Lipinski definition) is 6. The predicted octanol–water partition coefficient (Wildman–Crippen LogP) is 2.43. The Hall–Kier alpha value is -4.26. The van der Waals surface area contributed by atoms with Gasteiger partial charge < -0.3 is 36.4 Å². The number of alkyl carbamates (subject to hydrolysis) is 1. The highest BCUT2D eigenvalue weighted by molar-refractivity contribution is 7.98. The Bertz CT molecular complexity index is 1300. The van der Waals surface area contributed by atoms with E-state index in [1.165, 1.54) is 19.1 Å². The Balaban J connectivity index is 2.21. The molecule has 0 fully saturated rings. The number of amides is 5. The van der Waals surface area contributed by atoms with Crippen LogP contribution in [0.5, 0.6) is 5.75 Å². The van der Waals surface area contributed by atoms with Gasteiger partial charge in [0.1, 0.15) is 35.5 Å². The number of thioether (sulfide) groups is 1. The Kier molecular flexibility index (Phi) is 15.4. The van der Waals surface area contributed by atoms with Crippen LogP contribution < -0.4 is 26.6 Å². The summed E-state index contributed by atoms with van der Waals surface area (Å²) in [5.74, 6) is -1.45. The van der Waals surface area contributed by atoms with Gasteiger partial charge in [-0.3, -0.25) is 19.2 Å². The summed E-state index contributed by atoms with van der Waals surface area (Å²) in [6.45, 7) is 8.73. The Morgan fingerprint density at radius 1 is 0.761 bits per heavy atom. The van der Waals surface area contributed by atoms with E-state index in [0.29, 0.717) is 24.3 Å². The van der Waals surface area contributed by atoms with Crippen LogP contribution in [0.15, 0.2) is 54.6 Å². The number of carbonyl (C=O) groups is 5. The maximum atomic E-state index is 13.5. The topological polar surface area (TPSA) is 175 Å². The minimum absolute atomic E-state index is 0.0470. The first kappa shape index (κ1) is 37.9. The van der Waals surface area contributed by atoms with Crippen molar-refractivity contribution in [1.82, 2.24) is 26.6 Å². The predicted molar refractivity (Wildman–Crippen MR) is 178 cm³/mol.